The molecule has 2 atom stereocenters. The van der Waals surface area contributed by atoms with E-state index in [1.54, 1.807) is 6.92 Å². The fourth-order valence-corrected chi connectivity index (χ4v) is 2.02. The van der Waals surface area contributed by atoms with Crippen LogP contribution in [0.25, 0.3) is 0 Å². The van der Waals surface area contributed by atoms with Gasteiger partial charge in [-0.1, -0.05) is 31.5 Å². The molecule has 0 bridgehead atoms. The maximum Gasteiger partial charge on any atom is 0.306 e. The van der Waals surface area contributed by atoms with Crippen molar-refractivity contribution in [2.75, 3.05) is 0 Å². The molecule has 0 aliphatic rings. The number of nitrogens with one attached hydrogen (secondary N) is 1. The van der Waals surface area contributed by atoms with Gasteiger partial charge in [0, 0.05) is 12.6 Å². The Balaban J connectivity index is 2.31. The van der Waals surface area contributed by atoms with Crippen LogP contribution < -0.4 is 5.32 Å². The summed E-state index contributed by atoms with van der Waals surface area (Å²) in [6.07, 6.45) is 2.53. The van der Waals surface area contributed by atoms with Gasteiger partial charge >= 0.3 is 5.97 Å². The quantitative estimate of drug-likeness (QED) is 0.764. The van der Waals surface area contributed by atoms with Crippen LogP contribution in [-0.2, 0) is 11.3 Å². The summed E-state index contributed by atoms with van der Waals surface area (Å²) < 4.78 is 0. The van der Waals surface area contributed by atoms with Crippen LogP contribution in [0.3, 0.4) is 0 Å². The highest BCUT2D eigenvalue weighted by molar-refractivity contribution is 5.69. The number of rotatable bonds is 8. The summed E-state index contributed by atoms with van der Waals surface area (Å²) >= 11 is 0. The summed E-state index contributed by atoms with van der Waals surface area (Å²) in [6, 6.07) is 10.0. The molecule has 0 fully saturated rings. The third kappa shape index (κ3) is 5.41. The van der Waals surface area contributed by atoms with Crippen molar-refractivity contribution in [1.82, 2.24) is 5.32 Å². The van der Waals surface area contributed by atoms with Gasteiger partial charge in [0.2, 0.25) is 0 Å². The number of nitriles is 1. The van der Waals surface area contributed by atoms with Crippen LogP contribution in [0.5, 0.6) is 0 Å². The number of carboxylic acid groups (broad SMARTS) is 1. The largest absolute Gasteiger partial charge is 0.481 e. The summed E-state index contributed by atoms with van der Waals surface area (Å²) in [5.41, 5.74) is 1.70. The van der Waals surface area contributed by atoms with Crippen LogP contribution in [0.2, 0.25) is 0 Å². The lowest BCUT2D eigenvalue weighted by atomic mass is 10.0. The van der Waals surface area contributed by atoms with Crippen LogP contribution in [0.4, 0.5) is 0 Å². The van der Waals surface area contributed by atoms with Gasteiger partial charge < -0.3 is 10.4 Å². The first kappa shape index (κ1) is 16.2. The van der Waals surface area contributed by atoms with Gasteiger partial charge in [0.15, 0.2) is 0 Å². The Kier molecular flexibility index (Phi) is 6.75. The summed E-state index contributed by atoms with van der Waals surface area (Å²) in [7, 11) is 0. The zero-order valence-electron chi connectivity index (χ0n) is 12.1. The normalized spacial score (nSPS) is 13.4. The number of benzene rings is 1. The SMILES string of the molecule is CC(CCCC(C)C(=O)O)NCc1ccccc1C#N. The minimum atomic E-state index is -0.728. The fourth-order valence-electron chi connectivity index (χ4n) is 2.02. The molecule has 1 aromatic rings. The molecule has 0 amide bonds. The van der Waals surface area contributed by atoms with Gasteiger partial charge in [-0.15, -0.1) is 0 Å². The molecule has 2 N–H and O–H groups in total. The van der Waals surface area contributed by atoms with Gasteiger partial charge in [-0.05, 0) is 31.4 Å². The van der Waals surface area contributed by atoms with Crippen molar-refractivity contribution >= 4 is 5.97 Å². The molecule has 0 spiro atoms. The number of aliphatic carboxylic acids is 1. The second-order valence-corrected chi connectivity index (χ2v) is 5.22. The van der Waals surface area contributed by atoms with E-state index in [1.165, 1.54) is 0 Å². The molecule has 1 rings (SSSR count). The van der Waals surface area contributed by atoms with Gasteiger partial charge in [-0.3, -0.25) is 4.79 Å². The first-order valence-electron chi connectivity index (χ1n) is 6.98. The summed E-state index contributed by atoms with van der Waals surface area (Å²) in [4.78, 5) is 10.7. The van der Waals surface area contributed by atoms with Crippen molar-refractivity contribution in [3.05, 3.63) is 35.4 Å². The minimum absolute atomic E-state index is 0.276. The first-order chi connectivity index (χ1) is 9.54. The van der Waals surface area contributed by atoms with Crippen LogP contribution in [-0.4, -0.2) is 17.1 Å². The Hall–Kier alpha value is -1.86. The Morgan fingerprint density at radius 1 is 1.35 bits per heavy atom. The lowest BCUT2D eigenvalue weighted by molar-refractivity contribution is -0.141. The average molecular weight is 274 g/mol. The monoisotopic (exact) mass is 274 g/mol. The molecule has 0 aliphatic carbocycles. The molecule has 2 unspecified atom stereocenters. The van der Waals surface area contributed by atoms with Crippen molar-refractivity contribution in [1.29, 1.82) is 5.26 Å². The zero-order valence-corrected chi connectivity index (χ0v) is 12.1. The fraction of sp³-hybridized carbons (Fsp3) is 0.500. The number of carbonyl (C=O) groups is 1. The van der Waals surface area contributed by atoms with E-state index in [4.69, 9.17) is 10.4 Å². The highest BCUT2D eigenvalue weighted by Crippen LogP contribution is 2.11. The van der Waals surface area contributed by atoms with Crippen molar-refractivity contribution < 1.29 is 9.90 Å². The number of carboxylic acids is 1. The van der Waals surface area contributed by atoms with Crippen LogP contribution in [0.1, 0.15) is 44.2 Å². The molecule has 20 heavy (non-hydrogen) atoms. The van der Waals surface area contributed by atoms with Crippen LogP contribution in [0, 0.1) is 17.2 Å². The third-order valence-electron chi connectivity index (χ3n) is 3.47. The molecule has 4 nitrogen and oxygen atoms in total. The van der Waals surface area contributed by atoms with E-state index in [1.807, 2.05) is 24.3 Å². The Morgan fingerprint density at radius 2 is 2.05 bits per heavy atom. The van der Waals surface area contributed by atoms with Gasteiger partial charge in [-0.25, -0.2) is 0 Å². The molecule has 108 valence electrons. The molecule has 0 aromatic heterocycles. The van der Waals surface area contributed by atoms with E-state index in [9.17, 15) is 4.79 Å². The minimum Gasteiger partial charge on any atom is -0.481 e. The Labute approximate surface area is 120 Å². The van der Waals surface area contributed by atoms with Crippen molar-refractivity contribution in [2.24, 2.45) is 5.92 Å². The molecule has 0 heterocycles. The summed E-state index contributed by atoms with van der Waals surface area (Å²) in [5, 5.41) is 21.2. The summed E-state index contributed by atoms with van der Waals surface area (Å²) in [5.74, 6) is -1.00. The molecule has 0 saturated heterocycles. The Morgan fingerprint density at radius 3 is 2.70 bits per heavy atom. The highest BCUT2D eigenvalue weighted by atomic mass is 16.4. The number of hydrogen-bond donors (Lipinski definition) is 2. The molecule has 4 heteroatoms. The van der Waals surface area contributed by atoms with E-state index < -0.39 is 5.97 Å². The average Bonchev–Trinajstić information content (AvgIpc) is 2.45. The van der Waals surface area contributed by atoms with Gasteiger partial charge in [0.25, 0.3) is 0 Å². The molecular formula is C16H22N2O2. The number of nitrogens with zero attached hydrogens (tertiary/aromatic N) is 1. The van der Waals surface area contributed by atoms with E-state index in [0.29, 0.717) is 24.6 Å². The maximum atomic E-state index is 10.7. The van der Waals surface area contributed by atoms with Crippen molar-refractivity contribution in [3.8, 4) is 6.07 Å². The van der Waals surface area contributed by atoms with Gasteiger partial charge in [0.05, 0.1) is 17.6 Å². The second kappa shape index (κ2) is 8.34. The van der Waals surface area contributed by atoms with Gasteiger partial charge in [0.1, 0.15) is 0 Å². The van der Waals surface area contributed by atoms with E-state index in [-0.39, 0.29) is 5.92 Å². The predicted molar refractivity (Wildman–Crippen MR) is 78.1 cm³/mol. The van der Waals surface area contributed by atoms with E-state index in [2.05, 4.69) is 18.3 Å². The van der Waals surface area contributed by atoms with E-state index >= 15 is 0 Å². The predicted octanol–water partition coefficient (Wildman–Crippen LogP) is 2.93. The topological polar surface area (TPSA) is 73.1 Å². The lowest BCUT2D eigenvalue weighted by Crippen LogP contribution is -2.26. The van der Waals surface area contributed by atoms with Crippen molar-refractivity contribution in [3.63, 3.8) is 0 Å². The first-order valence-corrected chi connectivity index (χ1v) is 6.98. The molecule has 0 saturated carbocycles. The standard InChI is InChI=1S/C16H22N2O2/c1-12(16(19)20)6-5-7-13(2)18-11-15-9-4-3-8-14(15)10-17/h3-4,8-9,12-13,18H,5-7,11H2,1-2H3,(H,19,20). The molecule has 0 radical (unpaired) electrons. The van der Waals surface area contributed by atoms with Crippen LogP contribution >= 0.6 is 0 Å². The number of hydrogen-bond acceptors (Lipinski definition) is 3. The van der Waals surface area contributed by atoms with Crippen LogP contribution in [0.15, 0.2) is 24.3 Å². The zero-order chi connectivity index (χ0) is 15.0. The third-order valence-corrected chi connectivity index (χ3v) is 3.47. The smallest absolute Gasteiger partial charge is 0.306 e. The summed E-state index contributed by atoms with van der Waals surface area (Å²) in [6.45, 7) is 4.49. The molecule has 1 aromatic carbocycles. The van der Waals surface area contributed by atoms with E-state index in [0.717, 1.165) is 18.4 Å². The molecular weight excluding hydrogens is 252 g/mol. The molecule has 0 aliphatic heterocycles. The highest BCUT2D eigenvalue weighted by Gasteiger charge is 2.11. The second-order valence-electron chi connectivity index (χ2n) is 5.22. The van der Waals surface area contributed by atoms with Crippen molar-refractivity contribution in [2.45, 2.75) is 45.7 Å². The lowest BCUT2D eigenvalue weighted by Gasteiger charge is -2.15. The maximum absolute atomic E-state index is 10.7. The Bertz CT molecular complexity index is 480. The van der Waals surface area contributed by atoms with Gasteiger partial charge in [-0.2, -0.15) is 5.26 Å².